The molecule has 0 saturated carbocycles. The predicted octanol–water partition coefficient (Wildman–Crippen LogP) is 1.57. The van der Waals surface area contributed by atoms with Crippen LogP contribution in [0.1, 0.15) is 5.69 Å². The summed E-state index contributed by atoms with van der Waals surface area (Å²) in [4.78, 5) is 13.8. The molecule has 0 fully saturated rings. The lowest BCUT2D eigenvalue weighted by Crippen LogP contribution is -2.24. The van der Waals surface area contributed by atoms with Gasteiger partial charge in [0, 0.05) is 24.2 Å². The van der Waals surface area contributed by atoms with Gasteiger partial charge in [-0.15, -0.1) is 11.3 Å². The molecule has 0 atom stereocenters. The third-order valence-electron chi connectivity index (χ3n) is 2.66. The van der Waals surface area contributed by atoms with Gasteiger partial charge in [-0.3, -0.25) is 10.1 Å². The fourth-order valence-corrected chi connectivity index (χ4v) is 3.36. The highest BCUT2D eigenvalue weighted by atomic mass is 32.2. The molecule has 0 aliphatic rings. The molecule has 2 aromatic rings. The lowest BCUT2D eigenvalue weighted by atomic mass is 10.3. The third kappa shape index (κ3) is 3.54. The van der Waals surface area contributed by atoms with Crippen LogP contribution in [0.25, 0.3) is 0 Å². The van der Waals surface area contributed by atoms with Gasteiger partial charge in [0.15, 0.2) is 4.90 Å². The number of nitrogens with one attached hydrogen (secondary N) is 2. The van der Waals surface area contributed by atoms with E-state index in [1.165, 1.54) is 23.5 Å². The van der Waals surface area contributed by atoms with Crippen LogP contribution in [-0.4, -0.2) is 25.4 Å². The molecular formula is C11H12N4O4S2. The molecule has 0 spiro atoms. The minimum Gasteiger partial charge on any atom is -0.388 e. The van der Waals surface area contributed by atoms with Gasteiger partial charge in [0.25, 0.3) is 5.69 Å². The predicted molar refractivity (Wildman–Crippen MR) is 78.8 cm³/mol. The molecule has 10 heteroatoms. The standard InChI is InChI=1S/C11H12N4O4S2/c1-12-8-2-3-10(15(16)17)11(4-8)21(18,19)14-5-9-6-20-7-13-9/h2-4,6-7,12,14H,5H2,1H3. The van der Waals surface area contributed by atoms with Gasteiger partial charge in [-0.05, 0) is 12.1 Å². The zero-order chi connectivity index (χ0) is 15.5. The van der Waals surface area contributed by atoms with Gasteiger partial charge in [-0.2, -0.15) is 0 Å². The van der Waals surface area contributed by atoms with E-state index in [1.807, 2.05) is 0 Å². The van der Waals surface area contributed by atoms with Crippen LogP contribution in [0.4, 0.5) is 11.4 Å². The first kappa shape index (κ1) is 15.4. The number of sulfonamides is 1. The van der Waals surface area contributed by atoms with Crippen LogP contribution in [-0.2, 0) is 16.6 Å². The number of aromatic nitrogens is 1. The first-order valence-corrected chi connectivity index (χ1v) is 8.19. The number of thiazole rings is 1. The first-order valence-electron chi connectivity index (χ1n) is 5.77. The number of hydrogen-bond donors (Lipinski definition) is 2. The normalized spacial score (nSPS) is 11.3. The smallest absolute Gasteiger partial charge is 0.289 e. The zero-order valence-corrected chi connectivity index (χ0v) is 12.6. The minimum absolute atomic E-state index is 0.0211. The monoisotopic (exact) mass is 328 g/mol. The summed E-state index contributed by atoms with van der Waals surface area (Å²) >= 11 is 1.34. The topological polar surface area (TPSA) is 114 Å². The molecule has 0 unspecified atom stereocenters. The quantitative estimate of drug-likeness (QED) is 0.614. The summed E-state index contributed by atoms with van der Waals surface area (Å²) in [6.45, 7) is -0.0211. The van der Waals surface area contributed by atoms with E-state index in [0.717, 1.165) is 6.07 Å². The number of hydrogen-bond acceptors (Lipinski definition) is 7. The van der Waals surface area contributed by atoms with Crippen molar-refractivity contribution in [2.75, 3.05) is 12.4 Å². The van der Waals surface area contributed by atoms with E-state index < -0.39 is 20.6 Å². The van der Waals surface area contributed by atoms with E-state index >= 15 is 0 Å². The van der Waals surface area contributed by atoms with E-state index in [4.69, 9.17) is 0 Å². The zero-order valence-electron chi connectivity index (χ0n) is 10.9. The number of benzene rings is 1. The van der Waals surface area contributed by atoms with Crippen LogP contribution in [0.5, 0.6) is 0 Å². The second-order valence-corrected chi connectivity index (χ2v) is 6.45. The summed E-state index contributed by atoms with van der Waals surface area (Å²) in [5.74, 6) is 0. The summed E-state index contributed by atoms with van der Waals surface area (Å²) in [5.41, 5.74) is 2.12. The van der Waals surface area contributed by atoms with Crippen LogP contribution in [0.2, 0.25) is 0 Å². The Hall–Kier alpha value is -2.04. The van der Waals surface area contributed by atoms with Crippen molar-refractivity contribution in [2.45, 2.75) is 11.4 Å². The highest BCUT2D eigenvalue weighted by Crippen LogP contribution is 2.26. The molecule has 1 heterocycles. The maximum absolute atomic E-state index is 12.3. The molecule has 1 aromatic carbocycles. The van der Waals surface area contributed by atoms with Crippen molar-refractivity contribution < 1.29 is 13.3 Å². The van der Waals surface area contributed by atoms with Crippen molar-refractivity contribution >= 4 is 32.7 Å². The van der Waals surface area contributed by atoms with Crippen molar-refractivity contribution in [1.82, 2.24) is 9.71 Å². The lowest BCUT2D eigenvalue weighted by Gasteiger charge is -2.08. The van der Waals surface area contributed by atoms with Crippen molar-refractivity contribution in [1.29, 1.82) is 0 Å². The van der Waals surface area contributed by atoms with E-state index in [-0.39, 0.29) is 11.4 Å². The van der Waals surface area contributed by atoms with Gasteiger partial charge in [0.1, 0.15) is 0 Å². The maximum atomic E-state index is 12.3. The van der Waals surface area contributed by atoms with E-state index in [1.54, 1.807) is 17.9 Å². The van der Waals surface area contributed by atoms with Crippen LogP contribution in [0, 0.1) is 10.1 Å². The minimum atomic E-state index is -4.01. The van der Waals surface area contributed by atoms with Crippen molar-refractivity contribution in [3.63, 3.8) is 0 Å². The molecule has 1 aromatic heterocycles. The number of nitro groups is 1. The van der Waals surface area contributed by atoms with Crippen LogP contribution in [0.15, 0.2) is 34.0 Å². The molecule has 2 rings (SSSR count). The summed E-state index contributed by atoms with van der Waals surface area (Å²) in [6.07, 6.45) is 0. The second-order valence-electron chi connectivity index (χ2n) is 3.99. The SMILES string of the molecule is CNc1ccc([N+](=O)[O-])c(S(=O)(=O)NCc2cscn2)c1. The van der Waals surface area contributed by atoms with Gasteiger partial charge < -0.3 is 5.32 Å². The molecule has 2 N–H and O–H groups in total. The molecule has 0 amide bonds. The largest absolute Gasteiger partial charge is 0.388 e. The number of nitro benzene ring substituents is 1. The Kier molecular flexibility index (Phi) is 4.50. The lowest BCUT2D eigenvalue weighted by molar-refractivity contribution is -0.387. The van der Waals surface area contributed by atoms with Crippen molar-refractivity contribution in [3.05, 3.63) is 44.9 Å². The van der Waals surface area contributed by atoms with Gasteiger partial charge >= 0.3 is 0 Å². The highest BCUT2D eigenvalue weighted by Gasteiger charge is 2.26. The van der Waals surface area contributed by atoms with Crippen LogP contribution < -0.4 is 10.0 Å². The molecule has 21 heavy (non-hydrogen) atoms. The Morgan fingerprint density at radius 2 is 2.19 bits per heavy atom. The average molecular weight is 328 g/mol. The molecule has 0 radical (unpaired) electrons. The Labute approximate surface area is 125 Å². The molecule has 112 valence electrons. The highest BCUT2D eigenvalue weighted by molar-refractivity contribution is 7.89. The number of anilines is 1. The molecule has 0 aliphatic carbocycles. The summed E-state index contributed by atoms with van der Waals surface area (Å²) < 4.78 is 26.8. The molecule has 0 aliphatic heterocycles. The van der Waals surface area contributed by atoms with Gasteiger partial charge in [-0.25, -0.2) is 18.1 Å². The molecule has 0 saturated heterocycles. The van der Waals surface area contributed by atoms with E-state index in [9.17, 15) is 18.5 Å². The van der Waals surface area contributed by atoms with Crippen molar-refractivity contribution in [2.24, 2.45) is 0 Å². The molecule has 8 nitrogen and oxygen atoms in total. The van der Waals surface area contributed by atoms with Gasteiger partial charge in [0.2, 0.25) is 10.0 Å². The Balaban J connectivity index is 2.35. The summed E-state index contributed by atoms with van der Waals surface area (Å²) in [6, 6.07) is 3.82. The fraction of sp³-hybridized carbons (Fsp3) is 0.182. The summed E-state index contributed by atoms with van der Waals surface area (Å²) in [5, 5.41) is 15.4. The molecular weight excluding hydrogens is 316 g/mol. The maximum Gasteiger partial charge on any atom is 0.289 e. The van der Waals surface area contributed by atoms with E-state index in [0.29, 0.717) is 11.4 Å². The second kappa shape index (κ2) is 6.16. The van der Waals surface area contributed by atoms with Gasteiger partial charge in [0.05, 0.1) is 22.7 Å². The van der Waals surface area contributed by atoms with Crippen molar-refractivity contribution in [3.8, 4) is 0 Å². The number of rotatable bonds is 6. The Morgan fingerprint density at radius 3 is 2.76 bits per heavy atom. The van der Waals surface area contributed by atoms with Crippen LogP contribution in [0.3, 0.4) is 0 Å². The van der Waals surface area contributed by atoms with Crippen LogP contribution >= 0.6 is 11.3 Å². The van der Waals surface area contributed by atoms with Gasteiger partial charge in [-0.1, -0.05) is 0 Å². The number of nitrogens with zero attached hydrogens (tertiary/aromatic N) is 2. The summed E-state index contributed by atoms with van der Waals surface area (Å²) in [7, 11) is -2.41. The fourth-order valence-electron chi connectivity index (χ4n) is 1.61. The van der Waals surface area contributed by atoms with E-state index in [2.05, 4.69) is 15.0 Å². The average Bonchev–Trinajstić information content (AvgIpc) is 2.98. The first-order chi connectivity index (χ1) is 9.94. The molecule has 0 bridgehead atoms. The Morgan fingerprint density at radius 1 is 1.43 bits per heavy atom. The Bertz CT molecular complexity index is 744. The third-order valence-corrected chi connectivity index (χ3v) is 4.73.